The third-order valence-corrected chi connectivity index (χ3v) is 4.45. The first-order chi connectivity index (χ1) is 9.29. The van der Waals surface area contributed by atoms with Gasteiger partial charge in [-0.05, 0) is 56.5 Å². The molecule has 102 valence electrons. The Morgan fingerprint density at radius 1 is 1.26 bits per heavy atom. The molecule has 1 aliphatic carbocycles. The number of likely N-dealkylation sites (tertiary alicyclic amines) is 1. The van der Waals surface area contributed by atoms with Crippen LogP contribution in [0.2, 0.25) is 5.02 Å². The van der Waals surface area contributed by atoms with Gasteiger partial charge in [-0.15, -0.1) is 0 Å². The van der Waals surface area contributed by atoms with Crippen LogP contribution in [0.25, 0.3) is 5.57 Å². The molecule has 2 nitrogen and oxygen atoms in total. The Morgan fingerprint density at radius 2 is 2.05 bits per heavy atom. The normalized spacial score (nSPS) is 19.2. The van der Waals surface area contributed by atoms with Gasteiger partial charge >= 0.3 is 0 Å². The number of ether oxygens (including phenoxy) is 1. The summed E-state index contributed by atoms with van der Waals surface area (Å²) in [5.41, 5.74) is 3.89. The monoisotopic (exact) mass is 277 g/mol. The first-order valence-corrected chi connectivity index (χ1v) is 7.44. The number of halogens is 1. The molecule has 0 aromatic heterocycles. The first-order valence-electron chi connectivity index (χ1n) is 7.06. The van der Waals surface area contributed by atoms with E-state index in [0.29, 0.717) is 0 Å². The van der Waals surface area contributed by atoms with E-state index in [0.717, 1.165) is 30.2 Å². The fraction of sp³-hybridized carbons (Fsp3) is 0.500. The maximum Gasteiger partial charge on any atom is 0.122 e. The molecule has 1 aromatic carbocycles. The lowest BCUT2D eigenvalue weighted by Crippen LogP contribution is -2.22. The molecule has 3 rings (SSSR count). The van der Waals surface area contributed by atoms with Gasteiger partial charge in [0, 0.05) is 22.7 Å². The minimum atomic E-state index is 0.862. The molecule has 0 spiro atoms. The number of benzene rings is 1. The van der Waals surface area contributed by atoms with Crippen molar-refractivity contribution in [3.63, 3.8) is 0 Å². The Morgan fingerprint density at radius 3 is 2.79 bits per heavy atom. The second-order valence-corrected chi connectivity index (χ2v) is 5.76. The first kappa shape index (κ1) is 13.0. The zero-order chi connectivity index (χ0) is 13.2. The summed E-state index contributed by atoms with van der Waals surface area (Å²) in [5.74, 6) is 0.978. The van der Waals surface area contributed by atoms with Gasteiger partial charge in [0.2, 0.25) is 0 Å². The van der Waals surface area contributed by atoms with E-state index in [1.807, 2.05) is 12.1 Å². The number of allylic oxidation sites excluding steroid dienone is 1. The van der Waals surface area contributed by atoms with Gasteiger partial charge in [-0.25, -0.2) is 0 Å². The Balaban J connectivity index is 1.94. The van der Waals surface area contributed by atoms with Crippen LogP contribution in [0.5, 0.6) is 5.75 Å². The van der Waals surface area contributed by atoms with Crippen LogP contribution in [-0.2, 0) is 6.42 Å². The molecule has 0 saturated carbocycles. The maximum absolute atomic E-state index is 6.44. The van der Waals surface area contributed by atoms with Crippen molar-refractivity contribution < 1.29 is 4.74 Å². The highest BCUT2D eigenvalue weighted by molar-refractivity contribution is 6.32. The molecular formula is C16H20ClNO. The summed E-state index contributed by atoms with van der Waals surface area (Å²) in [7, 11) is 1.74. The predicted octanol–water partition coefficient (Wildman–Crippen LogP) is 3.77. The van der Waals surface area contributed by atoms with Crippen LogP contribution >= 0.6 is 11.6 Å². The molecule has 0 radical (unpaired) electrons. The molecule has 1 aromatic rings. The van der Waals surface area contributed by atoms with Crippen LogP contribution < -0.4 is 4.74 Å². The molecular weight excluding hydrogens is 258 g/mol. The van der Waals surface area contributed by atoms with Crippen LogP contribution in [0.4, 0.5) is 0 Å². The van der Waals surface area contributed by atoms with Gasteiger partial charge in [-0.3, -0.25) is 4.90 Å². The highest BCUT2D eigenvalue weighted by Gasteiger charge is 2.22. The molecule has 3 heteroatoms. The molecule has 0 N–H and O–H groups in total. The van der Waals surface area contributed by atoms with Crippen LogP contribution in [-0.4, -0.2) is 31.6 Å². The van der Waals surface area contributed by atoms with E-state index in [4.69, 9.17) is 16.3 Å². The van der Waals surface area contributed by atoms with Crippen molar-refractivity contribution in [2.75, 3.05) is 26.7 Å². The van der Waals surface area contributed by atoms with E-state index in [9.17, 15) is 0 Å². The van der Waals surface area contributed by atoms with Crippen molar-refractivity contribution in [1.82, 2.24) is 4.90 Å². The Bertz CT molecular complexity index is 504. The summed E-state index contributed by atoms with van der Waals surface area (Å²) in [5, 5.41) is 0.862. The van der Waals surface area contributed by atoms with Gasteiger partial charge < -0.3 is 4.74 Å². The second-order valence-electron chi connectivity index (χ2n) is 5.35. The quantitative estimate of drug-likeness (QED) is 0.834. The van der Waals surface area contributed by atoms with Crippen LogP contribution in [0.3, 0.4) is 0 Å². The fourth-order valence-corrected chi connectivity index (χ4v) is 3.50. The van der Waals surface area contributed by atoms with Crippen LogP contribution in [0.15, 0.2) is 18.2 Å². The highest BCUT2D eigenvalue weighted by Crippen LogP contribution is 2.38. The summed E-state index contributed by atoms with van der Waals surface area (Å²) >= 11 is 6.44. The molecule has 1 fully saturated rings. The van der Waals surface area contributed by atoms with E-state index in [-0.39, 0.29) is 0 Å². The van der Waals surface area contributed by atoms with Crippen molar-refractivity contribution >= 4 is 17.2 Å². The summed E-state index contributed by atoms with van der Waals surface area (Å²) in [6, 6.07) is 3.95. The van der Waals surface area contributed by atoms with Crippen LogP contribution in [0.1, 0.15) is 30.4 Å². The lowest BCUT2D eigenvalue weighted by atomic mass is 9.89. The Kier molecular flexibility index (Phi) is 3.81. The third kappa shape index (κ3) is 2.52. The number of hydrogen-bond acceptors (Lipinski definition) is 2. The lowest BCUT2D eigenvalue weighted by Gasteiger charge is -2.25. The molecule has 19 heavy (non-hydrogen) atoms. The molecule has 1 saturated heterocycles. The SMILES string of the molecule is COc1ccc(Cl)c2c1CCC=C2CN1CCCC1. The standard InChI is InChI=1S/C16H20ClNO/c1-19-15-8-7-14(17)16-12(5-4-6-13(15)16)11-18-9-2-3-10-18/h5,7-8H,2-4,6,9-11H2,1H3. The van der Waals surface area contributed by atoms with E-state index < -0.39 is 0 Å². The summed E-state index contributed by atoms with van der Waals surface area (Å²) in [4.78, 5) is 2.52. The summed E-state index contributed by atoms with van der Waals surface area (Å²) in [6.07, 6.45) is 7.12. The van der Waals surface area contributed by atoms with Crippen molar-refractivity contribution in [1.29, 1.82) is 0 Å². The van der Waals surface area contributed by atoms with Crippen LogP contribution in [0, 0.1) is 0 Å². The smallest absolute Gasteiger partial charge is 0.122 e. The largest absolute Gasteiger partial charge is 0.496 e. The average Bonchev–Trinajstić information content (AvgIpc) is 2.92. The zero-order valence-corrected chi connectivity index (χ0v) is 12.2. The van der Waals surface area contributed by atoms with E-state index in [1.165, 1.54) is 42.6 Å². The lowest BCUT2D eigenvalue weighted by molar-refractivity contribution is 0.381. The topological polar surface area (TPSA) is 12.5 Å². The number of methoxy groups -OCH3 is 1. The number of hydrogen-bond donors (Lipinski definition) is 0. The van der Waals surface area contributed by atoms with Gasteiger partial charge in [-0.1, -0.05) is 17.7 Å². The summed E-state index contributed by atoms with van der Waals surface area (Å²) < 4.78 is 5.49. The maximum atomic E-state index is 6.44. The van der Waals surface area contributed by atoms with Crippen molar-refractivity contribution in [2.24, 2.45) is 0 Å². The number of fused-ring (bicyclic) bond motifs is 1. The van der Waals surface area contributed by atoms with E-state index >= 15 is 0 Å². The zero-order valence-electron chi connectivity index (χ0n) is 11.4. The van der Waals surface area contributed by atoms with Gasteiger partial charge in [0.1, 0.15) is 5.75 Å². The molecule has 1 aliphatic heterocycles. The molecule has 2 aliphatic rings. The Labute approximate surface area is 120 Å². The third-order valence-electron chi connectivity index (χ3n) is 4.14. The molecule has 0 unspecified atom stereocenters. The van der Waals surface area contributed by atoms with Crippen molar-refractivity contribution in [2.45, 2.75) is 25.7 Å². The molecule has 0 amide bonds. The second kappa shape index (κ2) is 5.56. The van der Waals surface area contributed by atoms with Gasteiger partial charge in [0.25, 0.3) is 0 Å². The number of rotatable bonds is 3. The highest BCUT2D eigenvalue weighted by atomic mass is 35.5. The number of nitrogens with zero attached hydrogens (tertiary/aromatic N) is 1. The summed E-state index contributed by atoms with van der Waals surface area (Å²) in [6.45, 7) is 3.46. The predicted molar refractivity (Wildman–Crippen MR) is 80.0 cm³/mol. The molecule has 0 bridgehead atoms. The Hall–Kier alpha value is -0.990. The van der Waals surface area contributed by atoms with Crippen molar-refractivity contribution in [3.05, 3.63) is 34.4 Å². The van der Waals surface area contributed by atoms with Gasteiger partial charge in [-0.2, -0.15) is 0 Å². The van der Waals surface area contributed by atoms with E-state index in [1.54, 1.807) is 7.11 Å². The minimum absolute atomic E-state index is 0.862. The van der Waals surface area contributed by atoms with E-state index in [2.05, 4.69) is 11.0 Å². The van der Waals surface area contributed by atoms with Gasteiger partial charge in [0.05, 0.1) is 7.11 Å². The minimum Gasteiger partial charge on any atom is -0.496 e. The average molecular weight is 278 g/mol. The molecule has 0 atom stereocenters. The fourth-order valence-electron chi connectivity index (χ4n) is 3.20. The van der Waals surface area contributed by atoms with Crippen molar-refractivity contribution in [3.8, 4) is 5.75 Å². The molecule has 1 heterocycles. The van der Waals surface area contributed by atoms with Gasteiger partial charge in [0.15, 0.2) is 0 Å².